The molecule has 0 amide bonds. The lowest BCUT2D eigenvalue weighted by Crippen LogP contribution is -2.38. The van der Waals surface area contributed by atoms with Crippen molar-refractivity contribution >= 4 is 5.96 Å². The van der Waals surface area contributed by atoms with Gasteiger partial charge in [0.1, 0.15) is 5.82 Å². The van der Waals surface area contributed by atoms with Gasteiger partial charge >= 0.3 is 6.18 Å². The summed E-state index contributed by atoms with van der Waals surface area (Å²) in [6, 6.07) is 2.60. The number of hydrogen-bond acceptors (Lipinski definition) is 3. The highest BCUT2D eigenvalue weighted by atomic mass is 19.4. The molecule has 9 heteroatoms. The summed E-state index contributed by atoms with van der Waals surface area (Å²) in [5.41, 5.74) is -1.05. The Morgan fingerprint density at radius 2 is 1.92 bits per heavy atom. The van der Waals surface area contributed by atoms with E-state index in [1.165, 1.54) is 7.05 Å². The van der Waals surface area contributed by atoms with Gasteiger partial charge in [-0.1, -0.05) is 6.07 Å². The zero-order valence-electron chi connectivity index (χ0n) is 14.3. The Hall–Kier alpha value is -1.87. The van der Waals surface area contributed by atoms with Crippen molar-refractivity contribution in [2.24, 2.45) is 4.99 Å². The second-order valence-electron chi connectivity index (χ2n) is 5.11. The highest BCUT2D eigenvalue weighted by molar-refractivity contribution is 5.79. The van der Waals surface area contributed by atoms with Crippen molar-refractivity contribution in [3.63, 3.8) is 0 Å². The lowest BCUT2D eigenvalue weighted by Gasteiger charge is -2.16. The first-order valence-electron chi connectivity index (χ1n) is 7.75. The maximum absolute atomic E-state index is 13.1. The fraction of sp³-hybridized carbons (Fsp3) is 0.562. The number of ether oxygens (including phenoxy) is 2. The number of aliphatic imine (C=N–C) groups is 1. The Kier molecular flexibility index (Phi) is 9.22. The van der Waals surface area contributed by atoms with E-state index < -0.39 is 17.6 Å². The van der Waals surface area contributed by atoms with Gasteiger partial charge in [0.15, 0.2) is 5.96 Å². The molecule has 0 spiro atoms. The predicted octanol–water partition coefficient (Wildman–Crippen LogP) is 2.56. The maximum Gasteiger partial charge on any atom is 0.416 e. The molecule has 0 saturated heterocycles. The SMILES string of the molecule is CN=C(NCCCOCCOC)NCc1ccc(F)cc1C(F)(F)F. The minimum atomic E-state index is -4.62. The molecule has 5 nitrogen and oxygen atoms in total. The van der Waals surface area contributed by atoms with Crippen molar-refractivity contribution in [2.45, 2.75) is 19.1 Å². The van der Waals surface area contributed by atoms with Crippen molar-refractivity contribution in [1.82, 2.24) is 10.6 Å². The molecule has 0 saturated carbocycles. The molecule has 1 aromatic carbocycles. The van der Waals surface area contributed by atoms with Gasteiger partial charge in [0, 0.05) is 33.9 Å². The van der Waals surface area contributed by atoms with Gasteiger partial charge in [0.2, 0.25) is 0 Å². The number of rotatable bonds is 9. The van der Waals surface area contributed by atoms with Crippen LogP contribution in [0.3, 0.4) is 0 Å². The summed E-state index contributed by atoms with van der Waals surface area (Å²) in [5, 5.41) is 5.76. The lowest BCUT2D eigenvalue weighted by molar-refractivity contribution is -0.138. The van der Waals surface area contributed by atoms with E-state index in [-0.39, 0.29) is 12.1 Å². The van der Waals surface area contributed by atoms with E-state index in [2.05, 4.69) is 15.6 Å². The third-order valence-electron chi connectivity index (χ3n) is 3.24. The van der Waals surface area contributed by atoms with E-state index in [1.807, 2.05) is 0 Å². The van der Waals surface area contributed by atoms with Gasteiger partial charge in [-0.2, -0.15) is 13.2 Å². The number of methoxy groups -OCH3 is 1. The summed E-state index contributed by atoms with van der Waals surface area (Å²) in [6.07, 6.45) is -3.91. The predicted molar refractivity (Wildman–Crippen MR) is 86.9 cm³/mol. The van der Waals surface area contributed by atoms with Gasteiger partial charge in [-0.05, 0) is 24.1 Å². The molecule has 142 valence electrons. The standard InChI is InChI=1S/C16H23F4N3O2/c1-21-15(22-6-3-7-25-9-8-24-2)23-11-12-4-5-13(17)10-14(12)16(18,19)20/h4-5,10H,3,6-9,11H2,1-2H3,(H2,21,22,23). The summed E-state index contributed by atoms with van der Waals surface area (Å²) in [6.45, 7) is 1.98. The Morgan fingerprint density at radius 1 is 1.16 bits per heavy atom. The Bertz CT molecular complexity index is 551. The molecule has 0 heterocycles. The highest BCUT2D eigenvalue weighted by Gasteiger charge is 2.33. The van der Waals surface area contributed by atoms with Gasteiger partial charge in [0.25, 0.3) is 0 Å². The summed E-state index contributed by atoms with van der Waals surface area (Å²) < 4.78 is 62.1. The number of guanidine groups is 1. The third-order valence-corrected chi connectivity index (χ3v) is 3.24. The molecular weight excluding hydrogens is 342 g/mol. The fourth-order valence-corrected chi connectivity index (χ4v) is 1.99. The molecule has 0 fully saturated rings. The molecule has 0 aliphatic heterocycles. The first kappa shape index (κ1) is 21.2. The summed E-state index contributed by atoms with van der Waals surface area (Å²) in [7, 11) is 3.10. The summed E-state index contributed by atoms with van der Waals surface area (Å²) in [4.78, 5) is 3.94. The van der Waals surface area contributed by atoms with Crippen LogP contribution in [0.25, 0.3) is 0 Å². The molecule has 25 heavy (non-hydrogen) atoms. The molecule has 1 aromatic rings. The second-order valence-corrected chi connectivity index (χ2v) is 5.11. The lowest BCUT2D eigenvalue weighted by atomic mass is 10.1. The van der Waals surface area contributed by atoms with Gasteiger partial charge in [-0.3, -0.25) is 4.99 Å². The van der Waals surface area contributed by atoms with Gasteiger partial charge < -0.3 is 20.1 Å². The quantitative estimate of drug-likeness (QED) is 0.306. The molecule has 0 atom stereocenters. The average Bonchev–Trinajstić information content (AvgIpc) is 2.56. The molecule has 0 radical (unpaired) electrons. The van der Waals surface area contributed by atoms with Crippen molar-refractivity contribution < 1.29 is 27.0 Å². The number of nitrogens with zero attached hydrogens (tertiary/aromatic N) is 1. The van der Waals surface area contributed by atoms with Crippen LogP contribution in [0, 0.1) is 5.82 Å². The van der Waals surface area contributed by atoms with Crippen LogP contribution in [0.15, 0.2) is 23.2 Å². The first-order chi connectivity index (χ1) is 11.9. The minimum Gasteiger partial charge on any atom is -0.382 e. The molecule has 2 N–H and O–H groups in total. The number of nitrogens with one attached hydrogen (secondary N) is 2. The van der Waals surface area contributed by atoms with Gasteiger partial charge in [-0.15, -0.1) is 0 Å². The third kappa shape index (κ3) is 8.17. The first-order valence-corrected chi connectivity index (χ1v) is 7.75. The van der Waals surface area contributed by atoms with Gasteiger partial charge in [-0.25, -0.2) is 4.39 Å². The highest BCUT2D eigenvalue weighted by Crippen LogP contribution is 2.32. The van der Waals surface area contributed by atoms with Crippen LogP contribution >= 0.6 is 0 Å². The average molecular weight is 365 g/mol. The Balaban J connectivity index is 2.45. The van der Waals surface area contributed by atoms with E-state index in [1.54, 1.807) is 7.11 Å². The van der Waals surface area contributed by atoms with Crippen LogP contribution in [-0.4, -0.2) is 46.5 Å². The van der Waals surface area contributed by atoms with Crippen LogP contribution in [0.5, 0.6) is 0 Å². The van der Waals surface area contributed by atoms with E-state index in [4.69, 9.17) is 9.47 Å². The summed E-state index contributed by atoms with van der Waals surface area (Å²) >= 11 is 0. The maximum atomic E-state index is 13.1. The summed E-state index contributed by atoms with van der Waals surface area (Å²) in [5.74, 6) is -0.568. The molecule has 0 unspecified atom stereocenters. The molecule has 0 aliphatic rings. The normalized spacial score (nSPS) is 12.3. The number of alkyl halides is 3. The van der Waals surface area contributed by atoms with E-state index in [0.717, 1.165) is 12.1 Å². The van der Waals surface area contributed by atoms with Crippen LogP contribution in [-0.2, 0) is 22.2 Å². The number of hydrogen-bond donors (Lipinski definition) is 2. The van der Waals surface area contributed by atoms with Crippen molar-refractivity contribution in [1.29, 1.82) is 0 Å². The van der Waals surface area contributed by atoms with Crippen molar-refractivity contribution in [2.75, 3.05) is 40.5 Å². The topological polar surface area (TPSA) is 54.9 Å². The fourth-order valence-electron chi connectivity index (χ4n) is 1.99. The van der Waals surface area contributed by atoms with Crippen LogP contribution < -0.4 is 10.6 Å². The van der Waals surface area contributed by atoms with Crippen LogP contribution in [0.1, 0.15) is 17.5 Å². The van der Waals surface area contributed by atoms with Crippen LogP contribution in [0.4, 0.5) is 17.6 Å². The van der Waals surface area contributed by atoms with Crippen molar-refractivity contribution in [3.05, 3.63) is 35.1 Å². The van der Waals surface area contributed by atoms with Crippen LogP contribution in [0.2, 0.25) is 0 Å². The smallest absolute Gasteiger partial charge is 0.382 e. The molecule has 0 bridgehead atoms. The second kappa shape index (κ2) is 10.9. The monoisotopic (exact) mass is 365 g/mol. The van der Waals surface area contributed by atoms with Crippen molar-refractivity contribution in [3.8, 4) is 0 Å². The molecular formula is C16H23F4N3O2. The molecule has 0 aliphatic carbocycles. The Labute approximate surface area is 144 Å². The number of halogens is 4. The zero-order valence-corrected chi connectivity index (χ0v) is 14.3. The van der Waals surface area contributed by atoms with E-state index >= 15 is 0 Å². The largest absolute Gasteiger partial charge is 0.416 e. The minimum absolute atomic E-state index is 0.0558. The molecule has 0 aromatic heterocycles. The number of benzene rings is 1. The molecule has 1 rings (SSSR count). The van der Waals surface area contributed by atoms with E-state index in [0.29, 0.717) is 44.8 Å². The van der Waals surface area contributed by atoms with Gasteiger partial charge in [0.05, 0.1) is 18.8 Å². The Morgan fingerprint density at radius 3 is 2.56 bits per heavy atom. The zero-order chi connectivity index (χ0) is 18.7. The van der Waals surface area contributed by atoms with E-state index in [9.17, 15) is 17.6 Å².